The van der Waals surface area contributed by atoms with Crippen molar-refractivity contribution in [3.8, 4) is 0 Å². The second-order valence-corrected chi connectivity index (χ2v) is 6.11. The summed E-state index contributed by atoms with van der Waals surface area (Å²) in [5, 5.41) is 6.05. The van der Waals surface area contributed by atoms with Crippen molar-refractivity contribution in [2.75, 3.05) is 38.5 Å². The third-order valence-corrected chi connectivity index (χ3v) is 4.11. The number of carbonyl (C=O) groups is 1. The normalized spacial score (nSPS) is 18.2. The second kappa shape index (κ2) is 6.85. The number of hydrogen-bond donors (Lipinski definition) is 2. The summed E-state index contributed by atoms with van der Waals surface area (Å²) in [5.41, 5.74) is 0.549. The van der Waals surface area contributed by atoms with Gasteiger partial charge in [-0.3, -0.25) is 4.79 Å². The Balaban J connectivity index is 1.86. The molecule has 0 unspecified atom stereocenters. The van der Waals surface area contributed by atoms with E-state index in [4.69, 9.17) is 0 Å². The Labute approximate surface area is 126 Å². The standard InChI is InChI=1S/C15H25N5O/c1-4-16-13-10-17-12(9-18-13)14(21)19-11-15(2)5-7-20(3)8-6-15/h9-10H,4-8,11H2,1-3H3,(H,16,18)(H,19,21). The van der Waals surface area contributed by atoms with Crippen LogP contribution in [0.5, 0.6) is 0 Å². The van der Waals surface area contributed by atoms with Gasteiger partial charge in [-0.05, 0) is 45.3 Å². The van der Waals surface area contributed by atoms with Crippen molar-refractivity contribution in [1.29, 1.82) is 0 Å². The van der Waals surface area contributed by atoms with Crippen LogP contribution >= 0.6 is 0 Å². The zero-order chi connectivity index (χ0) is 15.3. The van der Waals surface area contributed by atoms with E-state index in [2.05, 4.69) is 39.5 Å². The molecule has 1 saturated heterocycles. The molecule has 6 nitrogen and oxygen atoms in total. The van der Waals surface area contributed by atoms with Crippen molar-refractivity contribution < 1.29 is 4.79 Å². The summed E-state index contributed by atoms with van der Waals surface area (Å²) in [4.78, 5) is 22.8. The van der Waals surface area contributed by atoms with Crippen LogP contribution < -0.4 is 10.6 Å². The van der Waals surface area contributed by atoms with Crippen molar-refractivity contribution in [2.45, 2.75) is 26.7 Å². The van der Waals surface area contributed by atoms with Gasteiger partial charge in [-0.2, -0.15) is 0 Å². The highest BCUT2D eigenvalue weighted by Crippen LogP contribution is 2.29. The summed E-state index contributed by atoms with van der Waals surface area (Å²) < 4.78 is 0. The van der Waals surface area contributed by atoms with E-state index in [9.17, 15) is 4.79 Å². The Kier molecular flexibility index (Phi) is 5.12. The van der Waals surface area contributed by atoms with E-state index < -0.39 is 0 Å². The quantitative estimate of drug-likeness (QED) is 0.857. The molecular formula is C15H25N5O. The molecular weight excluding hydrogens is 266 g/mol. The van der Waals surface area contributed by atoms with Gasteiger partial charge in [0.1, 0.15) is 11.5 Å². The van der Waals surface area contributed by atoms with Crippen LogP contribution in [0.25, 0.3) is 0 Å². The molecule has 0 spiro atoms. The van der Waals surface area contributed by atoms with Crippen LogP contribution in [-0.4, -0.2) is 54.0 Å². The number of anilines is 1. The third kappa shape index (κ3) is 4.39. The highest BCUT2D eigenvalue weighted by Gasteiger charge is 2.29. The van der Waals surface area contributed by atoms with Gasteiger partial charge >= 0.3 is 0 Å². The predicted molar refractivity (Wildman–Crippen MR) is 83.4 cm³/mol. The number of amides is 1. The molecule has 1 aromatic rings. The zero-order valence-corrected chi connectivity index (χ0v) is 13.1. The van der Waals surface area contributed by atoms with Gasteiger partial charge in [0, 0.05) is 13.1 Å². The lowest BCUT2D eigenvalue weighted by molar-refractivity contribution is 0.0886. The first-order valence-electron chi connectivity index (χ1n) is 7.55. The molecule has 1 aromatic heterocycles. The fraction of sp³-hybridized carbons (Fsp3) is 0.667. The molecule has 2 N–H and O–H groups in total. The molecule has 2 rings (SSSR count). The maximum absolute atomic E-state index is 12.1. The first-order valence-corrected chi connectivity index (χ1v) is 7.55. The summed E-state index contributed by atoms with van der Waals surface area (Å²) >= 11 is 0. The fourth-order valence-electron chi connectivity index (χ4n) is 2.44. The van der Waals surface area contributed by atoms with Crippen molar-refractivity contribution in [3.05, 3.63) is 18.1 Å². The zero-order valence-electron chi connectivity index (χ0n) is 13.1. The Morgan fingerprint density at radius 3 is 2.62 bits per heavy atom. The molecule has 116 valence electrons. The minimum Gasteiger partial charge on any atom is -0.369 e. The largest absolute Gasteiger partial charge is 0.369 e. The van der Waals surface area contributed by atoms with E-state index in [1.54, 1.807) is 6.20 Å². The van der Waals surface area contributed by atoms with Crippen LogP contribution in [0.2, 0.25) is 0 Å². The first-order chi connectivity index (χ1) is 10.0. The summed E-state index contributed by atoms with van der Waals surface area (Å²) in [7, 11) is 2.14. The maximum atomic E-state index is 12.1. The Hall–Kier alpha value is -1.69. The molecule has 1 aliphatic rings. The van der Waals surface area contributed by atoms with Crippen molar-refractivity contribution in [1.82, 2.24) is 20.2 Å². The lowest BCUT2D eigenvalue weighted by Gasteiger charge is -2.37. The lowest BCUT2D eigenvalue weighted by Crippen LogP contribution is -2.43. The predicted octanol–water partition coefficient (Wildman–Crippen LogP) is 1.37. The molecule has 0 atom stereocenters. The van der Waals surface area contributed by atoms with Crippen molar-refractivity contribution in [2.24, 2.45) is 5.41 Å². The van der Waals surface area contributed by atoms with E-state index in [0.717, 1.165) is 32.5 Å². The van der Waals surface area contributed by atoms with Gasteiger partial charge in [-0.1, -0.05) is 6.92 Å². The van der Waals surface area contributed by atoms with Gasteiger partial charge < -0.3 is 15.5 Å². The molecule has 1 amide bonds. The topological polar surface area (TPSA) is 70.2 Å². The monoisotopic (exact) mass is 291 g/mol. The van der Waals surface area contributed by atoms with Crippen LogP contribution in [0.3, 0.4) is 0 Å². The fourth-order valence-corrected chi connectivity index (χ4v) is 2.44. The number of nitrogens with zero attached hydrogens (tertiary/aromatic N) is 3. The van der Waals surface area contributed by atoms with Crippen molar-refractivity contribution >= 4 is 11.7 Å². The first kappa shape index (κ1) is 15.7. The molecule has 6 heteroatoms. The number of aromatic nitrogens is 2. The number of piperidine rings is 1. The van der Waals surface area contributed by atoms with E-state index in [0.29, 0.717) is 18.1 Å². The smallest absolute Gasteiger partial charge is 0.271 e. The number of likely N-dealkylation sites (tertiary alicyclic amines) is 1. The molecule has 21 heavy (non-hydrogen) atoms. The summed E-state index contributed by atoms with van der Waals surface area (Å²) in [6.07, 6.45) is 5.32. The van der Waals surface area contributed by atoms with Gasteiger partial charge in [-0.25, -0.2) is 9.97 Å². The molecule has 0 bridgehead atoms. The summed E-state index contributed by atoms with van der Waals surface area (Å²) in [6, 6.07) is 0. The number of hydrogen-bond acceptors (Lipinski definition) is 5. The van der Waals surface area contributed by atoms with E-state index in [-0.39, 0.29) is 11.3 Å². The summed E-state index contributed by atoms with van der Waals surface area (Å²) in [5.74, 6) is 0.544. The van der Waals surface area contributed by atoms with Gasteiger partial charge in [0.15, 0.2) is 0 Å². The van der Waals surface area contributed by atoms with Gasteiger partial charge in [0.25, 0.3) is 5.91 Å². The minimum absolute atomic E-state index is 0.147. The number of rotatable bonds is 5. The third-order valence-electron chi connectivity index (χ3n) is 4.11. The molecule has 0 aliphatic carbocycles. The van der Waals surface area contributed by atoms with E-state index in [1.807, 2.05) is 6.92 Å². The van der Waals surface area contributed by atoms with Crippen LogP contribution in [-0.2, 0) is 0 Å². The van der Waals surface area contributed by atoms with Crippen molar-refractivity contribution in [3.63, 3.8) is 0 Å². The highest BCUT2D eigenvalue weighted by molar-refractivity contribution is 5.92. The minimum atomic E-state index is -0.147. The number of nitrogens with one attached hydrogen (secondary N) is 2. The second-order valence-electron chi connectivity index (χ2n) is 6.11. The van der Waals surface area contributed by atoms with E-state index in [1.165, 1.54) is 6.20 Å². The Bertz CT molecular complexity index is 465. The van der Waals surface area contributed by atoms with Gasteiger partial charge in [0.2, 0.25) is 0 Å². The highest BCUT2D eigenvalue weighted by atomic mass is 16.1. The average molecular weight is 291 g/mol. The van der Waals surface area contributed by atoms with Gasteiger partial charge in [-0.15, -0.1) is 0 Å². The Morgan fingerprint density at radius 1 is 1.33 bits per heavy atom. The average Bonchev–Trinajstić information content (AvgIpc) is 2.49. The SMILES string of the molecule is CCNc1cnc(C(=O)NCC2(C)CCN(C)CC2)cn1. The van der Waals surface area contributed by atoms with Crippen LogP contribution in [0, 0.1) is 5.41 Å². The molecule has 1 aliphatic heterocycles. The molecule has 0 radical (unpaired) electrons. The molecule has 1 fully saturated rings. The number of carbonyl (C=O) groups excluding carboxylic acids is 1. The van der Waals surface area contributed by atoms with E-state index >= 15 is 0 Å². The lowest BCUT2D eigenvalue weighted by atomic mass is 9.80. The Morgan fingerprint density at radius 2 is 2.05 bits per heavy atom. The molecule has 2 heterocycles. The van der Waals surface area contributed by atoms with Gasteiger partial charge in [0.05, 0.1) is 12.4 Å². The van der Waals surface area contributed by atoms with Crippen LogP contribution in [0.1, 0.15) is 37.2 Å². The van der Waals surface area contributed by atoms with Crippen LogP contribution in [0.15, 0.2) is 12.4 Å². The molecule has 0 saturated carbocycles. The van der Waals surface area contributed by atoms with Crippen LogP contribution in [0.4, 0.5) is 5.82 Å². The molecule has 0 aromatic carbocycles. The maximum Gasteiger partial charge on any atom is 0.271 e. The summed E-state index contributed by atoms with van der Waals surface area (Å²) in [6.45, 7) is 7.88.